The first-order chi connectivity index (χ1) is 6.88. The predicted octanol–water partition coefficient (Wildman–Crippen LogP) is 2.06. The van der Waals surface area contributed by atoms with E-state index in [1.165, 1.54) is 0 Å². The largest absolute Gasteiger partial charge is 0.495 e. The molecule has 3 heteroatoms. The van der Waals surface area contributed by atoms with Gasteiger partial charge in [-0.25, -0.2) is 0 Å². The lowest BCUT2D eigenvalue weighted by Crippen LogP contribution is -1.97. The van der Waals surface area contributed by atoms with Crippen molar-refractivity contribution >= 4 is 0 Å². The van der Waals surface area contributed by atoms with E-state index in [-0.39, 0.29) is 0 Å². The van der Waals surface area contributed by atoms with Gasteiger partial charge in [-0.1, -0.05) is 0 Å². The van der Waals surface area contributed by atoms with E-state index in [4.69, 9.17) is 9.47 Å². The van der Waals surface area contributed by atoms with Crippen molar-refractivity contribution in [3.05, 3.63) is 24.0 Å². The van der Waals surface area contributed by atoms with Gasteiger partial charge >= 0.3 is 0 Å². The zero-order chi connectivity index (χ0) is 10.2. The van der Waals surface area contributed by atoms with Crippen molar-refractivity contribution in [3.8, 4) is 5.75 Å². The zero-order valence-electron chi connectivity index (χ0n) is 8.82. The highest BCUT2D eigenvalue weighted by atomic mass is 16.5. The van der Waals surface area contributed by atoms with Crippen LogP contribution >= 0.6 is 0 Å². The van der Waals surface area contributed by atoms with Crippen molar-refractivity contribution in [1.29, 1.82) is 0 Å². The van der Waals surface area contributed by atoms with Gasteiger partial charge in [-0.2, -0.15) is 0 Å². The molecule has 0 fully saturated rings. The number of nitrogens with zero attached hydrogens (tertiary/aromatic N) is 1. The maximum Gasteiger partial charge on any atom is 0.140 e. The standard InChI is InChI=1S/C11H17NO2/c1-13-9-4-3-6-10-11(14-2)7-5-8-12-10/h5,7-8H,3-4,6,9H2,1-2H3. The van der Waals surface area contributed by atoms with Crippen molar-refractivity contribution in [2.45, 2.75) is 19.3 Å². The maximum atomic E-state index is 5.21. The van der Waals surface area contributed by atoms with Crippen LogP contribution in [0, 0.1) is 0 Å². The maximum absolute atomic E-state index is 5.21. The Balaban J connectivity index is 2.41. The van der Waals surface area contributed by atoms with Gasteiger partial charge in [-0.15, -0.1) is 0 Å². The fourth-order valence-corrected chi connectivity index (χ4v) is 1.34. The third-order valence-electron chi connectivity index (χ3n) is 2.08. The summed E-state index contributed by atoms with van der Waals surface area (Å²) in [5.41, 5.74) is 1.03. The molecule has 78 valence electrons. The van der Waals surface area contributed by atoms with E-state index in [9.17, 15) is 0 Å². The fourth-order valence-electron chi connectivity index (χ4n) is 1.34. The van der Waals surface area contributed by atoms with Crippen LogP contribution in [-0.2, 0) is 11.2 Å². The summed E-state index contributed by atoms with van der Waals surface area (Å²) < 4.78 is 10.2. The summed E-state index contributed by atoms with van der Waals surface area (Å²) >= 11 is 0. The molecule has 0 aliphatic carbocycles. The van der Waals surface area contributed by atoms with E-state index in [0.29, 0.717) is 0 Å². The van der Waals surface area contributed by atoms with Gasteiger partial charge in [0.05, 0.1) is 12.8 Å². The smallest absolute Gasteiger partial charge is 0.140 e. The molecule has 1 rings (SSSR count). The average molecular weight is 195 g/mol. The lowest BCUT2D eigenvalue weighted by Gasteiger charge is -2.06. The summed E-state index contributed by atoms with van der Waals surface area (Å²) in [7, 11) is 3.40. The number of methoxy groups -OCH3 is 2. The third-order valence-corrected chi connectivity index (χ3v) is 2.08. The van der Waals surface area contributed by atoms with Crippen LogP contribution in [0.2, 0.25) is 0 Å². The van der Waals surface area contributed by atoms with Crippen molar-refractivity contribution in [3.63, 3.8) is 0 Å². The Morgan fingerprint density at radius 3 is 2.86 bits per heavy atom. The van der Waals surface area contributed by atoms with Crippen LogP contribution in [0.4, 0.5) is 0 Å². The Bertz CT molecular complexity index is 263. The van der Waals surface area contributed by atoms with Crippen molar-refractivity contribution in [2.24, 2.45) is 0 Å². The first-order valence-corrected chi connectivity index (χ1v) is 4.85. The molecule has 1 aromatic heterocycles. The Kier molecular flexibility index (Phi) is 5.00. The van der Waals surface area contributed by atoms with E-state index in [1.54, 1.807) is 20.4 Å². The molecule has 0 saturated carbocycles. The topological polar surface area (TPSA) is 31.4 Å². The van der Waals surface area contributed by atoms with Gasteiger partial charge in [-0.3, -0.25) is 4.98 Å². The minimum absolute atomic E-state index is 0.815. The van der Waals surface area contributed by atoms with E-state index in [2.05, 4.69) is 4.98 Å². The summed E-state index contributed by atoms with van der Waals surface area (Å²) in [5.74, 6) is 0.880. The predicted molar refractivity (Wildman–Crippen MR) is 55.6 cm³/mol. The van der Waals surface area contributed by atoms with Crippen molar-refractivity contribution in [2.75, 3.05) is 20.8 Å². The lowest BCUT2D eigenvalue weighted by atomic mass is 10.1. The van der Waals surface area contributed by atoms with Crippen molar-refractivity contribution < 1.29 is 9.47 Å². The van der Waals surface area contributed by atoms with Gasteiger partial charge in [-0.05, 0) is 31.4 Å². The summed E-state index contributed by atoms with van der Waals surface area (Å²) in [6.45, 7) is 0.815. The average Bonchev–Trinajstić information content (AvgIpc) is 2.25. The van der Waals surface area contributed by atoms with Gasteiger partial charge in [0.15, 0.2) is 0 Å². The minimum atomic E-state index is 0.815. The van der Waals surface area contributed by atoms with E-state index < -0.39 is 0 Å². The SMILES string of the molecule is COCCCCc1ncccc1OC. The molecule has 3 nitrogen and oxygen atoms in total. The molecule has 0 unspecified atom stereocenters. The third kappa shape index (κ3) is 3.34. The molecule has 0 saturated heterocycles. The number of pyridine rings is 1. The molecule has 1 heterocycles. The molecule has 0 aliphatic heterocycles. The lowest BCUT2D eigenvalue weighted by molar-refractivity contribution is 0.193. The first kappa shape index (κ1) is 11.0. The highest BCUT2D eigenvalue weighted by Crippen LogP contribution is 2.16. The minimum Gasteiger partial charge on any atom is -0.495 e. The zero-order valence-corrected chi connectivity index (χ0v) is 8.82. The number of ether oxygens (including phenoxy) is 2. The normalized spacial score (nSPS) is 10.1. The summed E-state index contributed by atoms with van der Waals surface area (Å²) in [4.78, 5) is 4.28. The monoisotopic (exact) mass is 195 g/mol. The highest BCUT2D eigenvalue weighted by Gasteiger charge is 2.01. The molecular weight excluding hydrogens is 178 g/mol. The fraction of sp³-hybridized carbons (Fsp3) is 0.545. The van der Waals surface area contributed by atoms with E-state index in [0.717, 1.165) is 37.3 Å². The molecular formula is C11H17NO2. The van der Waals surface area contributed by atoms with Crippen LogP contribution in [0.3, 0.4) is 0 Å². The number of hydrogen-bond donors (Lipinski definition) is 0. The number of hydrogen-bond acceptors (Lipinski definition) is 3. The summed E-state index contributed by atoms with van der Waals surface area (Å²) in [5, 5.41) is 0. The van der Waals surface area contributed by atoms with Crippen molar-refractivity contribution in [1.82, 2.24) is 4.98 Å². The molecule has 0 N–H and O–H groups in total. The van der Waals surface area contributed by atoms with Gasteiger partial charge in [0.2, 0.25) is 0 Å². The van der Waals surface area contributed by atoms with Crippen LogP contribution in [0.25, 0.3) is 0 Å². The number of aryl methyl sites for hydroxylation is 1. The molecule has 0 aromatic carbocycles. The van der Waals surface area contributed by atoms with Gasteiger partial charge in [0.1, 0.15) is 5.75 Å². The Morgan fingerprint density at radius 1 is 1.29 bits per heavy atom. The second kappa shape index (κ2) is 6.38. The number of aromatic nitrogens is 1. The number of unbranched alkanes of at least 4 members (excludes halogenated alkanes) is 1. The van der Waals surface area contributed by atoms with Crippen LogP contribution < -0.4 is 4.74 Å². The molecule has 0 spiro atoms. The van der Waals surface area contributed by atoms with Gasteiger partial charge in [0.25, 0.3) is 0 Å². The Hall–Kier alpha value is -1.09. The molecule has 14 heavy (non-hydrogen) atoms. The summed E-state index contributed by atoms with van der Waals surface area (Å²) in [6.07, 6.45) is 4.90. The summed E-state index contributed by atoms with van der Waals surface area (Å²) in [6, 6.07) is 3.83. The molecule has 0 atom stereocenters. The molecule has 0 aliphatic rings. The Morgan fingerprint density at radius 2 is 2.14 bits per heavy atom. The van der Waals surface area contributed by atoms with E-state index in [1.807, 2.05) is 12.1 Å². The van der Waals surface area contributed by atoms with Gasteiger partial charge in [0, 0.05) is 19.9 Å². The van der Waals surface area contributed by atoms with Crippen LogP contribution in [0.15, 0.2) is 18.3 Å². The molecule has 0 amide bonds. The second-order valence-electron chi connectivity index (χ2n) is 3.10. The van der Waals surface area contributed by atoms with Crippen LogP contribution in [0.5, 0.6) is 5.75 Å². The van der Waals surface area contributed by atoms with Crippen LogP contribution in [-0.4, -0.2) is 25.8 Å². The number of rotatable bonds is 6. The van der Waals surface area contributed by atoms with Gasteiger partial charge < -0.3 is 9.47 Å². The molecule has 1 aromatic rings. The van der Waals surface area contributed by atoms with Crippen LogP contribution in [0.1, 0.15) is 18.5 Å². The Labute approximate surface area is 85.1 Å². The molecule has 0 bridgehead atoms. The van der Waals surface area contributed by atoms with E-state index >= 15 is 0 Å². The molecule has 0 radical (unpaired) electrons. The highest BCUT2D eigenvalue weighted by molar-refractivity contribution is 5.26. The quantitative estimate of drug-likeness (QED) is 0.651. The first-order valence-electron chi connectivity index (χ1n) is 4.85. The second-order valence-corrected chi connectivity index (χ2v) is 3.10.